The van der Waals surface area contributed by atoms with Crippen molar-refractivity contribution in [2.75, 3.05) is 0 Å². The molecule has 0 aliphatic heterocycles. The van der Waals surface area contributed by atoms with Crippen molar-refractivity contribution in [2.45, 2.75) is 43.2 Å². The summed E-state index contributed by atoms with van der Waals surface area (Å²) in [7, 11) is -3.49. The molecule has 0 unspecified atom stereocenters. The van der Waals surface area contributed by atoms with Crippen LogP contribution in [0.1, 0.15) is 31.7 Å². The maximum Gasteiger partial charge on any atom is 0.242 e. The minimum absolute atomic E-state index is 0.263. The summed E-state index contributed by atoms with van der Waals surface area (Å²) in [5, 5.41) is 0. The average Bonchev–Trinajstić information content (AvgIpc) is 2.27. The Morgan fingerprint density at radius 2 is 2.11 bits per heavy atom. The second-order valence-electron chi connectivity index (χ2n) is 4.99. The third kappa shape index (κ3) is 2.77. The summed E-state index contributed by atoms with van der Waals surface area (Å²) in [5.41, 5.74) is 6.05. The first-order valence-corrected chi connectivity index (χ1v) is 8.16. The van der Waals surface area contributed by atoms with E-state index in [0.717, 1.165) is 24.8 Å². The summed E-state index contributed by atoms with van der Waals surface area (Å²) in [5.74, 6) is 0. The van der Waals surface area contributed by atoms with E-state index >= 15 is 0 Å². The molecule has 1 aliphatic rings. The zero-order chi connectivity index (χ0) is 13.4. The van der Waals surface area contributed by atoms with Gasteiger partial charge in [-0.1, -0.05) is 6.07 Å². The van der Waals surface area contributed by atoms with Crippen molar-refractivity contribution in [2.24, 2.45) is 5.73 Å². The largest absolute Gasteiger partial charge is 0.326 e. The molecule has 0 atom stereocenters. The highest BCUT2D eigenvalue weighted by molar-refractivity contribution is 9.10. The molecule has 0 heterocycles. The second kappa shape index (κ2) is 4.92. The van der Waals surface area contributed by atoms with Crippen molar-refractivity contribution < 1.29 is 8.42 Å². The first-order valence-electron chi connectivity index (χ1n) is 5.89. The van der Waals surface area contributed by atoms with Crippen LogP contribution in [0.15, 0.2) is 27.6 Å². The van der Waals surface area contributed by atoms with Crippen LogP contribution in [0.5, 0.6) is 0 Å². The summed E-state index contributed by atoms with van der Waals surface area (Å²) in [6.07, 6.45) is 2.85. The van der Waals surface area contributed by atoms with Crippen LogP contribution in [-0.4, -0.2) is 14.0 Å². The number of rotatable bonds is 4. The van der Waals surface area contributed by atoms with Gasteiger partial charge in [0, 0.05) is 16.6 Å². The summed E-state index contributed by atoms with van der Waals surface area (Å²) in [6.45, 7) is 2.27. The van der Waals surface area contributed by atoms with Crippen LogP contribution in [-0.2, 0) is 16.6 Å². The molecule has 1 aromatic rings. The highest BCUT2D eigenvalue weighted by atomic mass is 79.9. The van der Waals surface area contributed by atoms with E-state index in [-0.39, 0.29) is 10.4 Å². The van der Waals surface area contributed by atoms with Gasteiger partial charge in [0.25, 0.3) is 0 Å². The molecule has 100 valence electrons. The smallest absolute Gasteiger partial charge is 0.242 e. The molecule has 0 amide bonds. The van der Waals surface area contributed by atoms with Crippen LogP contribution in [0.25, 0.3) is 0 Å². The fraction of sp³-hybridized carbons (Fsp3) is 0.500. The number of nitrogens with two attached hydrogens (primary N) is 1. The molecule has 0 saturated heterocycles. The number of benzene rings is 1. The Kier molecular flexibility index (Phi) is 3.82. The highest BCUT2D eigenvalue weighted by Crippen LogP contribution is 2.33. The van der Waals surface area contributed by atoms with Gasteiger partial charge in [0.15, 0.2) is 0 Å². The lowest BCUT2D eigenvalue weighted by Crippen LogP contribution is -2.50. The predicted octanol–water partition coefficient (Wildman–Crippen LogP) is 2.13. The molecular weight excluding hydrogens is 316 g/mol. The van der Waals surface area contributed by atoms with E-state index < -0.39 is 10.0 Å². The summed E-state index contributed by atoms with van der Waals surface area (Å²) in [4.78, 5) is 0.263. The third-order valence-corrected chi connectivity index (χ3v) is 5.99. The van der Waals surface area contributed by atoms with Crippen LogP contribution in [0.3, 0.4) is 0 Å². The van der Waals surface area contributed by atoms with Gasteiger partial charge in [0.05, 0.1) is 4.90 Å². The number of hydrogen-bond acceptors (Lipinski definition) is 3. The van der Waals surface area contributed by atoms with Gasteiger partial charge in [-0.05, 0) is 59.8 Å². The topological polar surface area (TPSA) is 72.2 Å². The molecule has 0 bridgehead atoms. The van der Waals surface area contributed by atoms with Crippen LogP contribution in [0.2, 0.25) is 0 Å². The summed E-state index contributed by atoms with van der Waals surface area (Å²) in [6, 6.07) is 5.16. The molecule has 1 aliphatic carbocycles. The standard InChI is InChI=1S/C12H17BrN2O2S/c1-12(5-2-6-12)15-18(16,17)11-7-9(8-14)3-4-10(11)13/h3-4,7,15H,2,5-6,8,14H2,1H3. The van der Waals surface area contributed by atoms with Gasteiger partial charge in [-0.2, -0.15) is 0 Å². The van der Waals surface area contributed by atoms with Crippen molar-refractivity contribution >= 4 is 26.0 Å². The minimum atomic E-state index is -3.49. The van der Waals surface area contributed by atoms with Gasteiger partial charge in [-0.3, -0.25) is 0 Å². The second-order valence-corrected chi connectivity index (χ2v) is 7.49. The molecule has 0 aromatic heterocycles. The maximum atomic E-state index is 12.3. The van der Waals surface area contributed by atoms with Gasteiger partial charge < -0.3 is 5.73 Å². The molecule has 2 rings (SSSR count). The summed E-state index contributed by atoms with van der Waals surface area (Å²) < 4.78 is 28.0. The molecule has 0 radical (unpaired) electrons. The van der Waals surface area contributed by atoms with E-state index in [1.807, 2.05) is 13.0 Å². The van der Waals surface area contributed by atoms with Gasteiger partial charge in [0.1, 0.15) is 0 Å². The Bertz CT molecular complexity index is 553. The Hall–Kier alpha value is -0.430. The van der Waals surface area contributed by atoms with Crippen LogP contribution >= 0.6 is 15.9 Å². The molecule has 1 fully saturated rings. The monoisotopic (exact) mass is 332 g/mol. The lowest BCUT2D eigenvalue weighted by atomic mass is 9.80. The fourth-order valence-electron chi connectivity index (χ4n) is 2.07. The van der Waals surface area contributed by atoms with Crippen molar-refractivity contribution in [3.05, 3.63) is 28.2 Å². The normalized spacial score (nSPS) is 18.4. The summed E-state index contributed by atoms with van der Waals surface area (Å²) >= 11 is 3.28. The Morgan fingerprint density at radius 1 is 1.44 bits per heavy atom. The fourth-order valence-corrected chi connectivity index (χ4v) is 4.55. The van der Waals surface area contributed by atoms with Gasteiger partial charge >= 0.3 is 0 Å². The van der Waals surface area contributed by atoms with Gasteiger partial charge in [-0.25, -0.2) is 13.1 Å². The van der Waals surface area contributed by atoms with Crippen LogP contribution < -0.4 is 10.5 Å². The molecule has 1 aromatic carbocycles. The van der Waals surface area contributed by atoms with Crippen LogP contribution in [0, 0.1) is 0 Å². The Balaban J connectivity index is 2.34. The van der Waals surface area contributed by atoms with Crippen molar-refractivity contribution in [1.29, 1.82) is 0 Å². The van der Waals surface area contributed by atoms with Gasteiger partial charge in [0.2, 0.25) is 10.0 Å². The molecule has 0 spiro atoms. The zero-order valence-corrected chi connectivity index (χ0v) is 12.6. The first kappa shape index (κ1) is 14.0. The van der Waals surface area contributed by atoms with E-state index in [2.05, 4.69) is 20.7 Å². The molecular formula is C12H17BrN2O2S. The van der Waals surface area contributed by atoms with E-state index in [0.29, 0.717) is 11.0 Å². The molecule has 18 heavy (non-hydrogen) atoms. The molecule has 3 N–H and O–H groups in total. The lowest BCUT2D eigenvalue weighted by molar-refractivity contribution is 0.248. The van der Waals surface area contributed by atoms with Crippen molar-refractivity contribution in [3.63, 3.8) is 0 Å². The van der Waals surface area contributed by atoms with Crippen LogP contribution in [0.4, 0.5) is 0 Å². The lowest BCUT2D eigenvalue weighted by Gasteiger charge is -2.38. The molecule has 6 heteroatoms. The van der Waals surface area contributed by atoms with E-state index in [4.69, 9.17) is 5.73 Å². The highest BCUT2D eigenvalue weighted by Gasteiger charge is 2.36. The minimum Gasteiger partial charge on any atom is -0.326 e. The average molecular weight is 333 g/mol. The number of hydrogen-bond donors (Lipinski definition) is 2. The SMILES string of the molecule is CC1(NS(=O)(=O)c2cc(CN)ccc2Br)CCC1. The molecule has 4 nitrogen and oxygen atoms in total. The predicted molar refractivity (Wildman–Crippen MR) is 74.6 cm³/mol. The first-order chi connectivity index (χ1) is 8.36. The molecule has 1 saturated carbocycles. The van der Waals surface area contributed by atoms with E-state index in [1.54, 1.807) is 12.1 Å². The Morgan fingerprint density at radius 3 is 2.61 bits per heavy atom. The quantitative estimate of drug-likeness (QED) is 0.887. The maximum absolute atomic E-state index is 12.3. The van der Waals surface area contributed by atoms with E-state index in [1.165, 1.54) is 0 Å². The van der Waals surface area contributed by atoms with Crippen molar-refractivity contribution in [1.82, 2.24) is 4.72 Å². The number of halogens is 1. The third-order valence-electron chi connectivity index (χ3n) is 3.36. The van der Waals surface area contributed by atoms with Crippen molar-refractivity contribution in [3.8, 4) is 0 Å². The zero-order valence-electron chi connectivity index (χ0n) is 10.2. The van der Waals surface area contributed by atoms with Gasteiger partial charge in [-0.15, -0.1) is 0 Å². The van der Waals surface area contributed by atoms with E-state index in [9.17, 15) is 8.42 Å². The number of nitrogens with one attached hydrogen (secondary N) is 1. The Labute approximate surface area is 116 Å². The number of sulfonamides is 1.